The second kappa shape index (κ2) is 7.15. The topological polar surface area (TPSA) is 79.7 Å². The SMILES string of the molecule is COc1ccc(N(C(=O)c2ccc(C(=O)O)c(C)n2)C(C)C2CC2)cc1. The molecule has 1 atom stereocenters. The number of carbonyl (C=O) groups excluding carboxylic acids is 1. The van der Waals surface area contributed by atoms with Crippen LogP contribution in [0.5, 0.6) is 5.75 Å². The lowest BCUT2D eigenvalue weighted by Gasteiger charge is -2.29. The molecule has 26 heavy (non-hydrogen) atoms. The number of hydrogen-bond acceptors (Lipinski definition) is 4. The third-order valence-corrected chi connectivity index (χ3v) is 4.82. The highest BCUT2D eigenvalue weighted by atomic mass is 16.5. The van der Waals surface area contributed by atoms with E-state index in [1.54, 1.807) is 18.9 Å². The Labute approximate surface area is 152 Å². The number of ether oxygens (including phenoxy) is 1. The molecule has 1 aromatic carbocycles. The molecule has 136 valence electrons. The number of methoxy groups -OCH3 is 1. The number of carboxylic acids is 1. The van der Waals surface area contributed by atoms with E-state index in [9.17, 15) is 9.59 Å². The number of pyridine rings is 1. The first kappa shape index (κ1) is 17.9. The fraction of sp³-hybridized carbons (Fsp3) is 0.350. The van der Waals surface area contributed by atoms with E-state index in [0.29, 0.717) is 11.6 Å². The van der Waals surface area contributed by atoms with Crippen LogP contribution in [0, 0.1) is 12.8 Å². The Kier molecular flexibility index (Phi) is 4.93. The number of nitrogens with zero attached hydrogens (tertiary/aromatic N) is 2. The van der Waals surface area contributed by atoms with Crippen molar-refractivity contribution in [3.63, 3.8) is 0 Å². The van der Waals surface area contributed by atoms with Crippen LogP contribution in [0.25, 0.3) is 0 Å². The summed E-state index contributed by atoms with van der Waals surface area (Å²) in [5, 5.41) is 9.15. The third kappa shape index (κ3) is 3.54. The molecule has 1 unspecified atom stereocenters. The normalized spacial score (nSPS) is 14.6. The Morgan fingerprint density at radius 3 is 2.35 bits per heavy atom. The summed E-state index contributed by atoms with van der Waals surface area (Å²) in [6.07, 6.45) is 2.21. The molecule has 1 amide bonds. The number of anilines is 1. The molecule has 0 spiro atoms. The number of aromatic nitrogens is 1. The Morgan fingerprint density at radius 1 is 1.19 bits per heavy atom. The van der Waals surface area contributed by atoms with Gasteiger partial charge in [-0.2, -0.15) is 0 Å². The zero-order chi connectivity index (χ0) is 18.8. The van der Waals surface area contributed by atoms with Gasteiger partial charge in [-0.25, -0.2) is 9.78 Å². The number of aryl methyl sites for hydroxylation is 1. The summed E-state index contributed by atoms with van der Waals surface area (Å²) in [6.45, 7) is 3.64. The maximum atomic E-state index is 13.2. The largest absolute Gasteiger partial charge is 0.497 e. The van der Waals surface area contributed by atoms with Crippen molar-refractivity contribution in [2.75, 3.05) is 12.0 Å². The summed E-state index contributed by atoms with van der Waals surface area (Å²) in [6, 6.07) is 10.3. The number of rotatable bonds is 6. The van der Waals surface area contributed by atoms with Gasteiger partial charge in [0.2, 0.25) is 0 Å². The van der Waals surface area contributed by atoms with Crippen LogP contribution in [0.15, 0.2) is 36.4 Å². The van der Waals surface area contributed by atoms with E-state index in [2.05, 4.69) is 4.98 Å². The third-order valence-electron chi connectivity index (χ3n) is 4.82. The van der Waals surface area contributed by atoms with E-state index >= 15 is 0 Å². The molecular weight excluding hydrogens is 332 g/mol. The molecule has 6 heteroatoms. The molecule has 2 aromatic rings. The van der Waals surface area contributed by atoms with Gasteiger partial charge in [-0.1, -0.05) is 0 Å². The van der Waals surface area contributed by atoms with Crippen LogP contribution in [-0.2, 0) is 0 Å². The monoisotopic (exact) mass is 354 g/mol. The van der Waals surface area contributed by atoms with Gasteiger partial charge in [0.25, 0.3) is 5.91 Å². The molecular formula is C20H22N2O4. The van der Waals surface area contributed by atoms with E-state index in [1.165, 1.54) is 12.1 Å². The van der Waals surface area contributed by atoms with E-state index in [0.717, 1.165) is 24.3 Å². The van der Waals surface area contributed by atoms with Crippen LogP contribution in [0.2, 0.25) is 0 Å². The molecule has 1 saturated carbocycles. The van der Waals surface area contributed by atoms with E-state index in [4.69, 9.17) is 9.84 Å². The lowest BCUT2D eigenvalue weighted by atomic mass is 10.1. The number of aromatic carboxylic acids is 1. The van der Waals surface area contributed by atoms with Crippen LogP contribution in [0.4, 0.5) is 5.69 Å². The van der Waals surface area contributed by atoms with Crippen LogP contribution in [0.3, 0.4) is 0 Å². The number of benzene rings is 1. The highest BCUT2D eigenvalue weighted by molar-refractivity contribution is 6.05. The van der Waals surface area contributed by atoms with Gasteiger partial charge in [-0.15, -0.1) is 0 Å². The van der Waals surface area contributed by atoms with Gasteiger partial charge in [-0.05, 0) is 69.0 Å². The molecule has 0 aliphatic heterocycles. The minimum Gasteiger partial charge on any atom is -0.497 e. The second-order valence-electron chi connectivity index (χ2n) is 6.59. The lowest BCUT2D eigenvalue weighted by Crippen LogP contribution is -2.40. The van der Waals surface area contributed by atoms with Gasteiger partial charge in [0.1, 0.15) is 11.4 Å². The summed E-state index contributed by atoms with van der Waals surface area (Å²) in [7, 11) is 1.60. The van der Waals surface area contributed by atoms with Gasteiger partial charge >= 0.3 is 5.97 Å². The van der Waals surface area contributed by atoms with Crippen molar-refractivity contribution in [1.29, 1.82) is 0 Å². The van der Waals surface area contributed by atoms with E-state index < -0.39 is 5.97 Å². The summed E-state index contributed by atoms with van der Waals surface area (Å²) in [5.74, 6) is -0.0811. The summed E-state index contributed by atoms with van der Waals surface area (Å²) in [4.78, 5) is 30.4. The Balaban J connectivity index is 1.96. The summed E-state index contributed by atoms with van der Waals surface area (Å²) >= 11 is 0. The molecule has 0 radical (unpaired) electrons. The van der Waals surface area contributed by atoms with Crippen molar-refractivity contribution in [1.82, 2.24) is 4.98 Å². The molecule has 0 bridgehead atoms. The Morgan fingerprint density at radius 2 is 1.85 bits per heavy atom. The fourth-order valence-corrected chi connectivity index (χ4v) is 3.10. The molecule has 1 N–H and O–H groups in total. The number of hydrogen-bond donors (Lipinski definition) is 1. The van der Waals surface area contributed by atoms with E-state index in [1.807, 2.05) is 31.2 Å². The second-order valence-corrected chi connectivity index (χ2v) is 6.59. The summed E-state index contributed by atoms with van der Waals surface area (Å²) in [5.41, 5.74) is 1.46. The Bertz CT molecular complexity index is 828. The van der Waals surface area contributed by atoms with Crippen molar-refractivity contribution in [3.05, 3.63) is 53.3 Å². The van der Waals surface area contributed by atoms with Crippen LogP contribution >= 0.6 is 0 Å². The fourth-order valence-electron chi connectivity index (χ4n) is 3.10. The minimum absolute atomic E-state index is 0.0390. The molecule has 6 nitrogen and oxygen atoms in total. The van der Waals surface area contributed by atoms with Crippen molar-refractivity contribution in [3.8, 4) is 5.75 Å². The first-order valence-electron chi connectivity index (χ1n) is 8.61. The predicted octanol–water partition coefficient (Wildman–Crippen LogP) is 3.54. The molecule has 1 aromatic heterocycles. The van der Waals surface area contributed by atoms with Crippen molar-refractivity contribution >= 4 is 17.6 Å². The molecule has 1 heterocycles. The maximum Gasteiger partial charge on any atom is 0.337 e. The van der Waals surface area contributed by atoms with Gasteiger partial charge in [-0.3, -0.25) is 4.79 Å². The van der Waals surface area contributed by atoms with E-state index in [-0.39, 0.29) is 23.2 Å². The molecule has 1 aliphatic rings. The van der Waals surface area contributed by atoms with Gasteiger partial charge in [0.05, 0.1) is 18.4 Å². The van der Waals surface area contributed by atoms with Crippen molar-refractivity contribution < 1.29 is 19.4 Å². The number of amides is 1. The standard InChI is InChI=1S/C20H22N2O4/c1-12-17(20(24)25)10-11-18(21-12)19(23)22(13(2)14-4-5-14)15-6-8-16(26-3)9-7-15/h6-11,13-14H,4-5H2,1-3H3,(H,24,25). The predicted molar refractivity (Wildman–Crippen MR) is 97.9 cm³/mol. The van der Waals surface area contributed by atoms with Crippen LogP contribution < -0.4 is 9.64 Å². The zero-order valence-electron chi connectivity index (χ0n) is 15.1. The molecule has 3 rings (SSSR count). The highest BCUT2D eigenvalue weighted by Crippen LogP contribution is 2.37. The molecule has 1 aliphatic carbocycles. The highest BCUT2D eigenvalue weighted by Gasteiger charge is 2.36. The van der Waals surface area contributed by atoms with Crippen LogP contribution in [0.1, 0.15) is 46.3 Å². The zero-order valence-corrected chi connectivity index (χ0v) is 15.1. The van der Waals surface area contributed by atoms with Gasteiger partial charge in [0, 0.05) is 11.7 Å². The quantitative estimate of drug-likeness (QED) is 0.858. The first-order valence-corrected chi connectivity index (χ1v) is 8.61. The molecule has 1 fully saturated rings. The number of carbonyl (C=O) groups is 2. The smallest absolute Gasteiger partial charge is 0.337 e. The van der Waals surface area contributed by atoms with Crippen LogP contribution in [-0.4, -0.2) is 35.1 Å². The van der Waals surface area contributed by atoms with Gasteiger partial charge < -0.3 is 14.7 Å². The lowest BCUT2D eigenvalue weighted by molar-refractivity contribution is 0.0694. The maximum absolute atomic E-state index is 13.2. The van der Waals surface area contributed by atoms with Crippen molar-refractivity contribution in [2.45, 2.75) is 32.7 Å². The van der Waals surface area contributed by atoms with Crippen molar-refractivity contribution in [2.24, 2.45) is 5.92 Å². The number of carboxylic acid groups (broad SMARTS) is 1. The average Bonchev–Trinajstić information content (AvgIpc) is 3.47. The first-order chi connectivity index (χ1) is 12.4. The molecule has 0 saturated heterocycles. The van der Waals surface area contributed by atoms with Gasteiger partial charge in [0.15, 0.2) is 0 Å². The summed E-state index contributed by atoms with van der Waals surface area (Å²) < 4.78 is 5.19. The minimum atomic E-state index is -1.05. The Hall–Kier alpha value is -2.89. The average molecular weight is 354 g/mol.